The highest BCUT2D eigenvalue weighted by Crippen LogP contribution is 2.64. The second-order valence-corrected chi connectivity index (χ2v) is 9.26. The Labute approximate surface area is 172 Å². The van der Waals surface area contributed by atoms with E-state index in [1.54, 1.807) is 16.8 Å². The van der Waals surface area contributed by atoms with Crippen LogP contribution in [-0.4, -0.2) is 37.6 Å². The number of hydrogen-bond acceptors (Lipinski definition) is 5. The largest absolute Gasteiger partial charge is 0.346 e. The van der Waals surface area contributed by atoms with Crippen molar-refractivity contribution >= 4 is 17.4 Å². The van der Waals surface area contributed by atoms with Crippen molar-refractivity contribution in [3.8, 4) is 0 Å². The van der Waals surface area contributed by atoms with E-state index >= 15 is 0 Å². The number of nitrogens with one attached hydrogen (secondary N) is 1. The summed E-state index contributed by atoms with van der Waals surface area (Å²) < 4.78 is 16.0. The Morgan fingerprint density at radius 1 is 1.23 bits per heavy atom. The first-order chi connectivity index (χ1) is 14.6. The molecule has 3 fully saturated rings. The van der Waals surface area contributed by atoms with Gasteiger partial charge in [0.2, 0.25) is 0 Å². The third-order valence-electron chi connectivity index (χ3n) is 7.61. The summed E-state index contributed by atoms with van der Waals surface area (Å²) in [6, 6.07) is 3.62. The number of fused-ring (bicyclic) bond motifs is 3. The first kappa shape index (κ1) is 16.7. The molecule has 7 rings (SSSR count). The lowest BCUT2D eigenvalue weighted by atomic mass is 9.96. The first-order valence-electron chi connectivity index (χ1n) is 10.7. The van der Waals surface area contributed by atoms with E-state index in [-0.39, 0.29) is 22.8 Å². The maximum atomic E-state index is 14.3. The van der Waals surface area contributed by atoms with Crippen LogP contribution in [0.2, 0.25) is 0 Å². The Bertz CT molecular complexity index is 1230. The molecule has 5 heterocycles. The number of aryl methyl sites for hydroxylation is 1. The van der Waals surface area contributed by atoms with E-state index in [4.69, 9.17) is 4.98 Å². The fraction of sp³-hybridized carbons (Fsp3) is 0.455. The van der Waals surface area contributed by atoms with E-state index in [0.29, 0.717) is 17.1 Å². The van der Waals surface area contributed by atoms with Crippen LogP contribution in [0.4, 0.5) is 10.2 Å². The van der Waals surface area contributed by atoms with Crippen LogP contribution in [0.15, 0.2) is 30.7 Å². The molecule has 1 N–H and O–H groups in total. The number of carbonyl (C=O) groups is 1. The number of nitrogens with zero attached hydrogens (tertiary/aromatic N) is 5. The fourth-order valence-electron chi connectivity index (χ4n) is 5.73. The van der Waals surface area contributed by atoms with Crippen LogP contribution in [0.5, 0.6) is 0 Å². The minimum Gasteiger partial charge on any atom is -0.346 e. The molecule has 152 valence electrons. The van der Waals surface area contributed by atoms with E-state index in [2.05, 4.69) is 20.3 Å². The van der Waals surface area contributed by atoms with Gasteiger partial charge in [-0.1, -0.05) is 0 Å². The van der Waals surface area contributed by atoms with Gasteiger partial charge < -0.3 is 10.2 Å². The molecule has 1 amide bonds. The van der Waals surface area contributed by atoms with E-state index in [9.17, 15) is 9.18 Å². The SMILES string of the molecule is O=C1NC2(CCc3ncc(F)cc3[C@@]34C[C@@H]3CCN4c3ccn4ncc1c4n3)CC2. The van der Waals surface area contributed by atoms with Crippen LogP contribution in [0, 0.1) is 11.7 Å². The van der Waals surface area contributed by atoms with E-state index in [1.807, 2.05) is 12.3 Å². The minimum absolute atomic E-state index is 0.126. The molecular formula is C22H21FN6O. The van der Waals surface area contributed by atoms with Gasteiger partial charge in [0.15, 0.2) is 5.65 Å². The minimum atomic E-state index is -0.291. The summed E-state index contributed by atoms with van der Waals surface area (Å²) in [7, 11) is 0. The highest BCUT2D eigenvalue weighted by Gasteiger charge is 2.64. The zero-order valence-corrected chi connectivity index (χ0v) is 16.4. The van der Waals surface area contributed by atoms with Crippen molar-refractivity contribution in [1.29, 1.82) is 0 Å². The van der Waals surface area contributed by atoms with Crippen LogP contribution in [0.3, 0.4) is 0 Å². The van der Waals surface area contributed by atoms with Crippen LogP contribution in [0.25, 0.3) is 5.65 Å². The van der Waals surface area contributed by atoms with Gasteiger partial charge in [0.25, 0.3) is 5.91 Å². The fourth-order valence-corrected chi connectivity index (χ4v) is 5.73. The summed E-state index contributed by atoms with van der Waals surface area (Å²) >= 11 is 0. The molecule has 0 radical (unpaired) electrons. The van der Waals surface area contributed by atoms with Gasteiger partial charge in [0.1, 0.15) is 17.2 Å². The molecule has 2 aliphatic carbocycles. The molecule has 2 saturated carbocycles. The van der Waals surface area contributed by atoms with E-state index < -0.39 is 0 Å². The predicted octanol–water partition coefficient (Wildman–Crippen LogP) is 2.60. The molecule has 0 unspecified atom stereocenters. The number of amides is 1. The number of rotatable bonds is 0. The standard InChI is InChI=1S/C22H21FN6O/c23-14-9-16-17(24-11-14)1-4-21(5-6-21)27-20(30)15-12-25-29-8-3-18(26-19(15)29)28-7-2-13-10-22(13,16)28/h3,8-9,11-13H,1-2,4-7,10H2,(H,27,30)/t13-,22+/m0/s1. The van der Waals surface area contributed by atoms with Gasteiger partial charge >= 0.3 is 0 Å². The molecule has 2 bridgehead atoms. The van der Waals surface area contributed by atoms with Gasteiger partial charge in [-0.05, 0) is 56.6 Å². The Morgan fingerprint density at radius 2 is 2.13 bits per heavy atom. The second kappa shape index (κ2) is 5.36. The zero-order chi connectivity index (χ0) is 20.1. The Morgan fingerprint density at radius 3 is 2.97 bits per heavy atom. The highest BCUT2D eigenvalue weighted by molar-refractivity contribution is 6.00. The lowest BCUT2D eigenvalue weighted by Crippen LogP contribution is -2.37. The van der Waals surface area contributed by atoms with Gasteiger partial charge in [-0.25, -0.2) is 13.9 Å². The molecule has 8 heteroatoms. The summed E-state index contributed by atoms with van der Waals surface area (Å²) in [4.78, 5) is 24.7. The van der Waals surface area contributed by atoms with Crippen molar-refractivity contribution in [3.63, 3.8) is 0 Å². The van der Waals surface area contributed by atoms with Gasteiger partial charge in [-0.15, -0.1) is 0 Å². The Hall–Kier alpha value is -3.03. The van der Waals surface area contributed by atoms with Crippen molar-refractivity contribution in [2.24, 2.45) is 5.92 Å². The van der Waals surface area contributed by atoms with Crippen molar-refractivity contribution in [1.82, 2.24) is 24.9 Å². The lowest BCUT2D eigenvalue weighted by Gasteiger charge is -2.31. The predicted molar refractivity (Wildman–Crippen MR) is 107 cm³/mol. The zero-order valence-electron chi connectivity index (χ0n) is 16.4. The summed E-state index contributed by atoms with van der Waals surface area (Å²) in [5.74, 6) is 0.884. The third kappa shape index (κ3) is 2.14. The Balaban J connectivity index is 1.46. The number of aromatic nitrogens is 4. The van der Waals surface area contributed by atoms with Crippen LogP contribution in [-0.2, 0) is 12.0 Å². The smallest absolute Gasteiger partial charge is 0.257 e. The number of halogens is 1. The molecule has 1 saturated heterocycles. The Kier molecular flexibility index (Phi) is 2.99. The summed E-state index contributed by atoms with van der Waals surface area (Å²) in [5.41, 5.74) is 2.58. The van der Waals surface area contributed by atoms with Gasteiger partial charge in [-0.2, -0.15) is 5.10 Å². The van der Waals surface area contributed by atoms with Crippen LogP contribution < -0.4 is 10.2 Å². The monoisotopic (exact) mass is 404 g/mol. The van der Waals surface area contributed by atoms with E-state index in [0.717, 1.165) is 62.1 Å². The molecule has 2 spiro atoms. The van der Waals surface area contributed by atoms with Crippen LogP contribution >= 0.6 is 0 Å². The number of piperidine rings is 1. The van der Waals surface area contributed by atoms with Crippen molar-refractivity contribution in [2.75, 3.05) is 11.4 Å². The number of pyridine rings is 1. The normalized spacial score (nSPS) is 28.2. The maximum Gasteiger partial charge on any atom is 0.257 e. The summed E-state index contributed by atoms with van der Waals surface area (Å²) in [6.45, 7) is 0.864. The number of anilines is 1. The van der Waals surface area contributed by atoms with Crippen molar-refractivity contribution in [3.05, 3.63) is 53.4 Å². The van der Waals surface area contributed by atoms with Gasteiger partial charge in [0, 0.05) is 29.5 Å². The molecule has 0 aromatic carbocycles. The average Bonchev–Trinajstić information content (AvgIpc) is 3.58. The quantitative estimate of drug-likeness (QED) is 0.623. The molecule has 2 atom stereocenters. The number of hydrogen-bond donors (Lipinski definition) is 1. The van der Waals surface area contributed by atoms with Crippen molar-refractivity contribution < 1.29 is 9.18 Å². The third-order valence-corrected chi connectivity index (χ3v) is 7.61. The molecule has 7 nitrogen and oxygen atoms in total. The lowest BCUT2D eigenvalue weighted by molar-refractivity contribution is 0.0930. The molecule has 3 aromatic heterocycles. The second-order valence-electron chi connectivity index (χ2n) is 9.26. The first-order valence-corrected chi connectivity index (χ1v) is 10.7. The van der Waals surface area contributed by atoms with Crippen LogP contribution in [0.1, 0.15) is 53.7 Å². The topological polar surface area (TPSA) is 75.4 Å². The molecule has 30 heavy (non-hydrogen) atoms. The van der Waals surface area contributed by atoms with E-state index in [1.165, 1.54) is 6.20 Å². The molecule has 4 aliphatic rings. The number of carbonyl (C=O) groups excluding carboxylic acids is 1. The van der Waals surface area contributed by atoms with Crippen molar-refractivity contribution in [2.45, 2.75) is 49.6 Å². The summed E-state index contributed by atoms with van der Waals surface area (Å²) in [6.07, 6.45) is 10.3. The average molecular weight is 404 g/mol. The molecule has 2 aliphatic heterocycles. The van der Waals surface area contributed by atoms with Gasteiger partial charge in [-0.3, -0.25) is 9.78 Å². The van der Waals surface area contributed by atoms with Gasteiger partial charge in [0.05, 0.1) is 17.9 Å². The maximum absolute atomic E-state index is 14.3. The molecular weight excluding hydrogens is 383 g/mol. The summed E-state index contributed by atoms with van der Waals surface area (Å²) in [5, 5.41) is 7.55. The molecule has 3 aromatic rings. The highest BCUT2D eigenvalue weighted by atomic mass is 19.1.